The number of aliphatic hydroxyl groups is 1. The van der Waals surface area contributed by atoms with Gasteiger partial charge in [-0.3, -0.25) is 0 Å². The molecular weight excluding hydrogens is 262 g/mol. The van der Waals surface area contributed by atoms with E-state index in [1.54, 1.807) is 17.0 Å². The Labute approximate surface area is 116 Å². The summed E-state index contributed by atoms with van der Waals surface area (Å²) >= 11 is 0. The van der Waals surface area contributed by atoms with Crippen molar-refractivity contribution in [2.45, 2.75) is 18.6 Å². The van der Waals surface area contributed by atoms with E-state index in [1.165, 1.54) is 0 Å². The van der Waals surface area contributed by atoms with Gasteiger partial charge in [0, 0.05) is 26.1 Å². The summed E-state index contributed by atoms with van der Waals surface area (Å²) < 4.78 is 0. The Morgan fingerprint density at radius 3 is 2.95 bits per heavy atom. The molecule has 20 heavy (non-hydrogen) atoms. The summed E-state index contributed by atoms with van der Waals surface area (Å²) in [5, 5.41) is 21.8. The molecule has 8 nitrogen and oxygen atoms in total. The molecule has 1 aromatic heterocycles. The van der Waals surface area contributed by atoms with Gasteiger partial charge in [-0.15, -0.1) is 0 Å². The average molecular weight is 281 g/mol. The van der Waals surface area contributed by atoms with Crippen molar-refractivity contribution in [3.63, 3.8) is 0 Å². The first-order valence-corrected chi connectivity index (χ1v) is 6.41. The molecule has 7 N–H and O–H groups in total. The van der Waals surface area contributed by atoms with E-state index in [-0.39, 0.29) is 13.0 Å². The smallest absolute Gasteiger partial charge is 0.326 e. The van der Waals surface area contributed by atoms with Crippen molar-refractivity contribution < 1.29 is 15.0 Å². The van der Waals surface area contributed by atoms with Gasteiger partial charge >= 0.3 is 5.97 Å². The number of nitrogen functional groups attached to an aromatic ring is 1. The number of hydrogen-bond acceptors (Lipinski definition) is 7. The predicted octanol–water partition coefficient (Wildman–Crippen LogP) is -0.941. The number of carboxylic acids is 1. The lowest BCUT2D eigenvalue weighted by molar-refractivity contribution is -0.138. The van der Waals surface area contributed by atoms with Crippen LogP contribution in [0.5, 0.6) is 0 Å². The average Bonchev–Trinajstić information content (AvgIpc) is 2.80. The Kier molecular flexibility index (Phi) is 4.26. The first kappa shape index (κ1) is 14.4. The number of aromatic nitrogens is 1. The monoisotopic (exact) mass is 281 g/mol. The molecule has 110 valence electrons. The van der Waals surface area contributed by atoms with Crippen LogP contribution in [-0.4, -0.2) is 52.9 Å². The number of carboxylic acid groups (broad SMARTS) is 1. The number of rotatable bonds is 5. The fourth-order valence-corrected chi connectivity index (χ4v) is 2.25. The van der Waals surface area contributed by atoms with Crippen LogP contribution in [0.25, 0.3) is 0 Å². The summed E-state index contributed by atoms with van der Waals surface area (Å²) in [7, 11) is 0. The van der Waals surface area contributed by atoms with Crippen LogP contribution in [0.1, 0.15) is 6.42 Å². The highest BCUT2D eigenvalue weighted by Gasteiger charge is 2.36. The molecule has 0 spiro atoms. The molecule has 0 amide bonds. The first-order chi connectivity index (χ1) is 9.52. The minimum Gasteiger partial charge on any atom is -0.480 e. The van der Waals surface area contributed by atoms with Gasteiger partial charge in [-0.2, -0.15) is 0 Å². The Morgan fingerprint density at radius 1 is 1.55 bits per heavy atom. The quantitative estimate of drug-likeness (QED) is 0.466. The van der Waals surface area contributed by atoms with Gasteiger partial charge in [-0.1, -0.05) is 0 Å². The normalized spacial score (nSPS) is 22.0. The van der Waals surface area contributed by atoms with Crippen molar-refractivity contribution in [3.05, 3.63) is 12.1 Å². The van der Waals surface area contributed by atoms with Crippen molar-refractivity contribution in [1.29, 1.82) is 0 Å². The zero-order valence-electron chi connectivity index (χ0n) is 11.0. The molecule has 1 aromatic rings. The molecule has 0 aromatic carbocycles. The number of carbonyl (C=O) groups is 1. The summed E-state index contributed by atoms with van der Waals surface area (Å²) in [5.74, 6) is -0.0298. The highest BCUT2D eigenvalue weighted by molar-refractivity contribution is 5.79. The van der Waals surface area contributed by atoms with E-state index in [1.807, 2.05) is 0 Å². The van der Waals surface area contributed by atoms with Gasteiger partial charge in [-0.25, -0.2) is 9.78 Å². The van der Waals surface area contributed by atoms with Crippen LogP contribution in [0, 0.1) is 0 Å². The van der Waals surface area contributed by atoms with Crippen LogP contribution >= 0.6 is 0 Å². The largest absolute Gasteiger partial charge is 0.480 e. The van der Waals surface area contributed by atoms with Crippen LogP contribution < -0.4 is 21.7 Å². The first-order valence-electron chi connectivity index (χ1n) is 6.41. The number of hydrogen-bond donors (Lipinski definition) is 5. The zero-order chi connectivity index (χ0) is 14.7. The number of nitrogens with two attached hydrogens (primary N) is 2. The maximum Gasteiger partial charge on any atom is 0.326 e. The fraction of sp³-hybridized carbons (Fsp3) is 0.500. The standard InChI is InChI=1S/C12H19N5O3/c13-3-4-15-11-8(14)1-2-10(16-11)17-6-7(18)5-9(17)12(19)20/h1-2,7,9,18H,3-6,13-14H2,(H,15,16)(H,19,20). The van der Waals surface area contributed by atoms with E-state index < -0.39 is 18.1 Å². The highest BCUT2D eigenvalue weighted by atomic mass is 16.4. The number of nitrogens with one attached hydrogen (secondary N) is 1. The molecular formula is C12H19N5O3. The van der Waals surface area contributed by atoms with Gasteiger partial charge < -0.3 is 31.9 Å². The van der Waals surface area contributed by atoms with Gasteiger partial charge in [0.15, 0.2) is 5.82 Å². The third-order valence-corrected chi connectivity index (χ3v) is 3.21. The van der Waals surface area contributed by atoms with Gasteiger partial charge in [0.05, 0.1) is 11.8 Å². The number of nitrogens with zero attached hydrogens (tertiary/aromatic N) is 2. The van der Waals surface area contributed by atoms with Gasteiger partial charge in [-0.05, 0) is 12.1 Å². The minimum absolute atomic E-state index is 0.187. The van der Waals surface area contributed by atoms with Crippen molar-refractivity contribution in [3.8, 4) is 0 Å². The third-order valence-electron chi connectivity index (χ3n) is 3.21. The number of β-amino-alcohol motifs (C(OH)–C–C–N with tert-alkyl or cyclic N) is 1. The lowest BCUT2D eigenvalue weighted by atomic mass is 10.2. The summed E-state index contributed by atoms with van der Waals surface area (Å²) in [4.78, 5) is 17.1. The maximum atomic E-state index is 11.2. The van der Waals surface area contributed by atoms with Gasteiger partial charge in [0.25, 0.3) is 0 Å². The van der Waals surface area contributed by atoms with E-state index in [0.29, 0.717) is 30.4 Å². The highest BCUT2D eigenvalue weighted by Crippen LogP contribution is 2.27. The molecule has 1 aliphatic heterocycles. The number of anilines is 3. The van der Waals surface area contributed by atoms with Crippen LogP contribution in [0.15, 0.2) is 12.1 Å². The van der Waals surface area contributed by atoms with Crippen LogP contribution in [0.2, 0.25) is 0 Å². The van der Waals surface area contributed by atoms with Crippen molar-refractivity contribution >= 4 is 23.3 Å². The van der Waals surface area contributed by atoms with Gasteiger partial charge in [0.1, 0.15) is 11.9 Å². The van der Waals surface area contributed by atoms with E-state index in [4.69, 9.17) is 11.5 Å². The maximum absolute atomic E-state index is 11.2. The van der Waals surface area contributed by atoms with Crippen LogP contribution in [0.4, 0.5) is 17.3 Å². The second-order valence-electron chi connectivity index (χ2n) is 4.72. The lowest BCUT2D eigenvalue weighted by Crippen LogP contribution is -2.36. The molecule has 2 rings (SSSR count). The summed E-state index contributed by atoms with van der Waals surface area (Å²) in [5.41, 5.74) is 11.7. The minimum atomic E-state index is -0.975. The van der Waals surface area contributed by atoms with Crippen molar-refractivity contribution in [2.75, 3.05) is 35.6 Å². The molecule has 1 saturated heterocycles. The molecule has 0 aliphatic carbocycles. The number of pyridine rings is 1. The van der Waals surface area contributed by atoms with Crippen molar-refractivity contribution in [2.24, 2.45) is 5.73 Å². The Hall–Kier alpha value is -2.06. The molecule has 1 aliphatic rings. The van der Waals surface area contributed by atoms with Crippen molar-refractivity contribution in [1.82, 2.24) is 4.98 Å². The molecule has 0 saturated carbocycles. The molecule has 0 radical (unpaired) electrons. The Bertz CT molecular complexity index is 496. The fourth-order valence-electron chi connectivity index (χ4n) is 2.25. The molecule has 1 fully saturated rings. The summed E-state index contributed by atoms with van der Waals surface area (Å²) in [6.07, 6.45) is -0.483. The van der Waals surface area contributed by atoms with E-state index >= 15 is 0 Å². The SMILES string of the molecule is NCCNc1nc(N2CC(O)CC2C(=O)O)ccc1N. The summed E-state index contributed by atoms with van der Waals surface area (Å²) in [6.45, 7) is 1.20. The number of aliphatic carboxylic acids is 1. The molecule has 2 heterocycles. The van der Waals surface area contributed by atoms with E-state index in [2.05, 4.69) is 10.3 Å². The zero-order valence-corrected chi connectivity index (χ0v) is 11.0. The Morgan fingerprint density at radius 2 is 2.30 bits per heavy atom. The van der Waals surface area contributed by atoms with E-state index in [0.717, 1.165) is 0 Å². The van der Waals surface area contributed by atoms with Crippen LogP contribution in [0.3, 0.4) is 0 Å². The predicted molar refractivity (Wildman–Crippen MR) is 75.6 cm³/mol. The second kappa shape index (κ2) is 5.93. The summed E-state index contributed by atoms with van der Waals surface area (Å²) in [6, 6.07) is 2.53. The van der Waals surface area contributed by atoms with Gasteiger partial charge in [0.2, 0.25) is 0 Å². The molecule has 8 heteroatoms. The third kappa shape index (κ3) is 2.91. The Balaban J connectivity index is 2.25. The second-order valence-corrected chi connectivity index (χ2v) is 4.72. The van der Waals surface area contributed by atoms with Crippen LogP contribution in [-0.2, 0) is 4.79 Å². The topological polar surface area (TPSA) is 138 Å². The molecule has 0 bridgehead atoms. The van der Waals surface area contributed by atoms with E-state index in [9.17, 15) is 15.0 Å². The molecule has 2 atom stereocenters. The molecule has 2 unspecified atom stereocenters. The lowest BCUT2D eigenvalue weighted by Gasteiger charge is -2.23. The number of aliphatic hydroxyl groups excluding tert-OH is 1.